The molecule has 0 aliphatic heterocycles. The summed E-state index contributed by atoms with van der Waals surface area (Å²) >= 11 is 0. The van der Waals surface area contributed by atoms with Crippen LogP contribution in [0.5, 0.6) is 0 Å². The second kappa shape index (κ2) is 4.04. The predicted octanol–water partition coefficient (Wildman–Crippen LogP) is -1.24. The highest BCUT2D eigenvalue weighted by Crippen LogP contribution is 2.21. The minimum Gasteiger partial charge on any atom is -0.460 e. The number of carbonyl (C=O) groups is 1. The van der Waals surface area contributed by atoms with Crippen LogP contribution in [0, 0.1) is 0 Å². The highest BCUT2D eigenvalue weighted by Gasteiger charge is 2.36. The van der Waals surface area contributed by atoms with Crippen LogP contribution < -0.4 is 5.73 Å². The van der Waals surface area contributed by atoms with E-state index in [1.54, 1.807) is 0 Å². The standard InChI is InChI=1S/C8H15NO4/c1-4(10)13-7-3-5(9)2-6(11)8(7)12/h5-8,11-12H,2-3,9H2,1H3/t5-,6-,7-,8-/m1/s1. The largest absolute Gasteiger partial charge is 0.460 e. The number of esters is 1. The van der Waals surface area contributed by atoms with Crippen molar-refractivity contribution >= 4 is 5.97 Å². The van der Waals surface area contributed by atoms with Gasteiger partial charge in [0.25, 0.3) is 0 Å². The Kier molecular flexibility index (Phi) is 3.24. The van der Waals surface area contributed by atoms with E-state index in [1.807, 2.05) is 0 Å². The molecule has 1 saturated carbocycles. The molecule has 0 aromatic heterocycles. The number of hydrogen-bond acceptors (Lipinski definition) is 5. The van der Waals surface area contributed by atoms with Gasteiger partial charge in [0.15, 0.2) is 0 Å². The highest BCUT2D eigenvalue weighted by atomic mass is 16.6. The van der Waals surface area contributed by atoms with E-state index in [2.05, 4.69) is 0 Å². The lowest BCUT2D eigenvalue weighted by Crippen LogP contribution is -2.50. The number of nitrogens with two attached hydrogens (primary N) is 1. The van der Waals surface area contributed by atoms with E-state index in [4.69, 9.17) is 10.5 Å². The average Bonchev–Trinajstić information content (AvgIpc) is 1.98. The molecule has 5 heteroatoms. The van der Waals surface area contributed by atoms with Crippen LogP contribution in [0.3, 0.4) is 0 Å². The van der Waals surface area contributed by atoms with Crippen LogP contribution in [-0.4, -0.2) is 40.5 Å². The van der Waals surface area contributed by atoms with Crippen molar-refractivity contribution in [3.8, 4) is 0 Å². The fraction of sp³-hybridized carbons (Fsp3) is 0.875. The number of aliphatic hydroxyl groups excluding tert-OH is 2. The van der Waals surface area contributed by atoms with Gasteiger partial charge in [-0.05, 0) is 6.42 Å². The van der Waals surface area contributed by atoms with E-state index in [9.17, 15) is 15.0 Å². The molecular formula is C8H15NO4. The Morgan fingerprint density at radius 1 is 1.46 bits per heavy atom. The summed E-state index contributed by atoms with van der Waals surface area (Å²) in [5, 5.41) is 18.7. The molecule has 4 N–H and O–H groups in total. The first-order valence-electron chi connectivity index (χ1n) is 4.29. The van der Waals surface area contributed by atoms with Crippen molar-refractivity contribution < 1.29 is 19.7 Å². The van der Waals surface area contributed by atoms with Gasteiger partial charge < -0.3 is 20.7 Å². The van der Waals surface area contributed by atoms with Gasteiger partial charge in [-0.3, -0.25) is 4.79 Å². The lowest BCUT2D eigenvalue weighted by molar-refractivity contribution is -0.163. The first-order valence-corrected chi connectivity index (χ1v) is 4.29. The molecular weight excluding hydrogens is 174 g/mol. The Morgan fingerprint density at radius 2 is 2.08 bits per heavy atom. The van der Waals surface area contributed by atoms with Gasteiger partial charge in [0.2, 0.25) is 0 Å². The average molecular weight is 189 g/mol. The molecule has 1 aliphatic carbocycles. The molecule has 0 heterocycles. The molecule has 0 saturated heterocycles. The topological polar surface area (TPSA) is 92.8 Å². The van der Waals surface area contributed by atoms with Gasteiger partial charge in [0.1, 0.15) is 12.2 Å². The van der Waals surface area contributed by atoms with Crippen molar-refractivity contribution in [2.45, 2.75) is 44.1 Å². The third-order valence-corrected chi connectivity index (χ3v) is 2.17. The predicted molar refractivity (Wildman–Crippen MR) is 44.8 cm³/mol. The van der Waals surface area contributed by atoms with E-state index in [1.165, 1.54) is 6.92 Å². The Hall–Kier alpha value is -0.650. The summed E-state index contributed by atoms with van der Waals surface area (Å²) in [5.74, 6) is -0.467. The van der Waals surface area contributed by atoms with Gasteiger partial charge in [0, 0.05) is 19.4 Å². The molecule has 5 nitrogen and oxygen atoms in total. The van der Waals surface area contributed by atoms with Crippen molar-refractivity contribution in [2.75, 3.05) is 0 Å². The summed E-state index contributed by atoms with van der Waals surface area (Å²) in [6.07, 6.45) is -1.83. The Balaban J connectivity index is 2.55. The minimum atomic E-state index is -1.01. The first kappa shape index (κ1) is 10.4. The third-order valence-electron chi connectivity index (χ3n) is 2.17. The molecule has 0 amide bonds. The van der Waals surface area contributed by atoms with E-state index in [-0.39, 0.29) is 6.04 Å². The molecule has 1 rings (SSSR count). The molecule has 4 atom stereocenters. The molecule has 0 radical (unpaired) electrons. The van der Waals surface area contributed by atoms with Gasteiger partial charge in [-0.1, -0.05) is 0 Å². The SMILES string of the molecule is CC(=O)O[C@@H]1C[C@H](N)C[C@@H](O)[C@H]1O. The zero-order valence-corrected chi connectivity index (χ0v) is 7.51. The van der Waals surface area contributed by atoms with Crippen LogP contribution in [0.4, 0.5) is 0 Å². The molecule has 0 aromatic carbocycles. The zero-order chi connectivity index (χ0) is 10.0. The minimum absolute atomic E-state index is 0.220. The number of carbonyl (C=O) groups excluding carboxylic acids is 1. The maximum atomic E-state index is 10.6. The molecule has 1 aliphatic rings. The third kappa shape index (κ3) is 2.65. The van der Waals surface area contributed by atoms with Gasteiger partial charge >= 0.3 is 5.97 Å². The summed E-state index contributed by atoms with van der Waals surface area (Å²) in [6.45, 7) is 1.26. The number of hydrogen-bond donors (Lipinski definition) is 3. The van der Waals surface area contributed by atoms with Crippen LogP contribution in [0.2, 0.25) is 0 Å². The zero-order valence-electron chi connectivity index (χ0n) is 7.51. The molecule has 76 valence electrons. The lowest BCUT2D eigenvalue weighted by Gasteiger charge is -2.34. The normalized spacial score (nSPS) is 40.0. The van der Waals surface area contributed by atoms with E-state index in [0.29, 0.717) is 12.8 Å². The summed E-state index contributed by atoms with van der Waals surface area (Å²) in [4.78, 5) is 10.6. The van der Waals surface area contributed by atoms with Crippen molar-refractivity contribution in [1.29, 1.82) is 0 Å². The van der Waals surface area contributed by atoms with E-state index < -0.39 is 24.3 Å². The van der Waals surface area contributed by atoms with Crippen LogP contribution in [0.15, 0.2) is 0 Å². The van der Waals surface area contributed by atoms with E-state index >= 15 is 0 Å². The second-order valence-corrected chi connectivity index (χ2v) is 3.44. The molecule has 1 fully saturated rings. The van der Waals surface area contributed by atoms with Crippen LogP contribution in [-0.2, 0) is 9.53 Å². The van der Waals surface area contributed by atoms with Gasteiger partial charge in [0.05, 0.1) is 6.10 Å². The molecule has 0 unspecified atom stereocenters. The summed E-state index contributed by atoms with van der Waals surface area (Å²) in [7, 11) is 0. The van der Waals surface area contributed by atoms with Crippen molar-refractivity contribution in [3.05, 3.63) is 0 Å². The molecule has 0 aromatic rings. The second-order valence-electron chi connectivity index (χ2n) is 3.44. The fourth-order valence-electron chi connectivity index (χ4n) is 1.56. The van der Waals surface area contributed by atoms with Gasteiger partial charge in [-0.25, -0.2) is 0 Å². The highest BCUT2D eigenvalue weighted by molar-refractivity contribution is 5.66. The Bertz CT molecular complexity index is 197. The van der Waals surface area contributed by atoms with Crippen LogP contribution >= 0.6 is 0 Å². The van der Waals surface area contributed by atoms with Crippen molar-refractivity contribution in [1.82, 2.24) is 0 Å². The molecule has 0 bridgehead atoms. The first-order chi connectivity index (χ1) is 6.00. The summed E-state index contributed by atoms with van der Waals surface area (Å²) in [6, 6.07) is -0.220. The Morgan fingerprint density at radius 3 is 2.62 bits per heavy atom. The number of rotatable bonds is 1. The van der Waals surface area contributed by atoms with E-state index in [0.717, 1.165) is 0 Å². The summed E-state index contributed by atoms with van der Waals surface area (Å²) < 4.78 is 4.82. The molecule has 0 spiro atoms. The van der Waals surface area contributed by atoms with Crippen molar-refractivity contribution in [2.24, 2.45) is 5.73 Å². The monoisotopic (exact) mass is 189 g/mol. The lowest BCUT2D eigenvalue weighted by atomic mass is 9.88. The van der Waals surface area contributed by atoms with Gasteiger partial charge in [-0.15, -0.1) is 0 Å². The molecule has 13 heavy (non-hydrogen) atoms. The van der Waals surface area contributed by atoms with Crippen molar-refractivity contribution in [3.63, 3.8) is 0 Å². The smallest absolute Gasteiger partial charge is 0.302 e. The van der Waals surface area contributed by atoms with Crippen LogP contribution in [0.25, 0.3) is 0 Å². The Labute approximate surface area is 76.5 Å². The van der Waals surface area contributed by atoms with Crippen LogP contribution in [0.1, 0.15) is 19.8 Å². The quantitative estimate of drug-likeness (QED) is 0.449. The fourth-order valence-corrected chi connectivity index (χ4v) is 1.56. The van der Waals surface area contributed by atoms with Gasteiger partial charge in [-0.2, -0.15) is 0 Å². The maximum Gasteiger partial charge on any atom is 0.302 e. The maximum absolute atomic E-state index is 10.6. The summed E-state index contributed by atoms with van der Waals surface area (Å²) in [5.41, 5.74) is 5.59. The number of ether oxygens (including phenoxy) is 1. The number of aliphatic hydroxyl groups is 2.